The quantitative estimate of drug-likeness (QED) is 0.504. The van der Waals surface area contributed by atoms with Crippen molar-refractivity contribution in [1.29, 1.82) is 0 Å². The van der Waals surface area contributed by atoms with Gasteiger partial charge in [-0.15, -0.1) is 0 Å². The summed E-state index contributed by atoms with van der Waals surface area (Å²) in [5, 5.41) is 14.8. The second kappa shape index (κ2) is 7.26. The Kier molecular flexibility index (Phi) is 5.14. The summed E-state index contributed by atoms with van der Waals surface area (Å²) in [5.74, 6) is 0.523. The van der Waals surface area contributed by atoms with E-state index in [9.17, 15) is 4.79 Å². The lowest BCUT2D eigenvalue weighted by Crippen LogP contribution is -2.12. The average Bonchev–Trinajstić information content (AvgIpc) is 2.55. The van der Waals surface area contributed by atoms with Gasteiger partial charge in [-0.25, -0.2) is 0 Å². The molecule has 2 aromatic carbocycles. The topological polar surface area (TPSA) is 70.9 Å². The largest absolute Gasteiger partial charge is 0.494 e. The van der Waals surface area contributed by atoms with Crippen molar-refractivity contribution >= 4 is 17.3 Å². The van der Waals surface area contributed by atoms with Crippen molar-refractivity contribution in [1.82, 2.24) is 0 Å². The lowest BCUT2D eigenvalue weighted by molar-refractivity contribution is 0.102. The predicted molar refractivity (Wildman–Crippen MR) is 86.0 cm³/mol. The van der Waals surface area contributed by atoms with E-state index in [1.165, 1.54) is 0 Å². The van der Waals surface area contributed by atoms with Gasteiger partial charge in [0.15, 0.2) is 0 Å². The Labute approximate surface area is 129 Å². The fourth-order valence-electron chi connectivity index (χ4n) is 1.95. The van der Waals surface area contributed by atoms with Crippen LogP contribution in [0.25, 0.3) is 0 Å². The Hall–Kier alpha value is -2.82. The highest BCUT2D eigenvalue weighted by molar-refractivity contribution is 6.05. The Bertz CT molecular complexity index is 679. The van der Waals surface area contributed by atoms with Crippen molar-refractivity contribution in [3.05, 3.63) is 59.7 Å². The van der Waals surface area contributed by atoms with Crippen LogP contribution in [-0.4, -0.2) is 23.4 Å². The van der Waals surface area contributed by atoms with Crippen molar-refractivity contribution in [2.45, 2.75) is 13.8 Å². The Morgan fingerprint density at radius 1 is 1.18 bits per heavy atom. The zero-order valence-electron chi connectivity index (χ0n) is 12.5. The minimum atomic E-state index is -0.209. The second-order valence-corrected chi connectivity index (χ2v) is 4.68. The number of carbonyl (C=O) groups excluding carboxylic acids is 1. The number of amides is 1. The molecule has 0 aliphatic carbocycles. The molecule has 0 unspecified atom stereocenters. The first-order valence-corrected chi connectivity index (χ1v) is 6.97. The molecular formula is C17H18N2O3. The highest BCUT2D eigenvalue weighted by Gasteiger charge is 2.07. The number of ether oxygens (including phenoxy) is 1. The van der Waals surface area contributed by atoms with Crippen molar-refractivity contribution < 1.29 is 14.7 Å². The maximum Gasteiger partial charge on any atom is 0.255 e. The number of rotatable bonds is 5. The minimum Gasteiger partial charge on any atom is -0.494 e. The third-order valence-corrected chi connectivity index (χ3v) is 3.12. The molecule has 5 nitrogen and oxygen atoms in total. The van der Waals surface area contributed by atoms with Gasteiger partial charge in [-0.05, 0) is 50.2 Å². The van der Waals surface area contributed by atoms with E-state index < -0.39 is 0 Å². The molecule has 0 spiro atoms. The number of oxime groups is 1. The van der Waals surface area contributed by atoms with Crippen LogP contribution in [0, 0.1) is 0 Å². The molecule has 0 heterocycles. The fraction of sp³-hybridized carbons (Fsp3) is 0.176. The van der Waals surface area contributed by atoms with Gasteiger partial charge in [0.25, 0.3) is 5.91 Å². The molecule has 0 radical (unpaired) electrons. The molecule has 5 heteroatoms. The minimum absolute atomic E-state index is 0.209. The molecule has 2 aromatic rings. The number of benzene rings is 2. The first kappa shape index (κ1) is 15.6. The Morgan fingerprint density at radius 3 is 2.55 bits per heavy atom. The second-order valence-electron chi connectivity index (χ2n) is 4.68. The molecule has 0 aliphatic rings. The van der Waals surface area contributed by atoms with Crippen LogP contribution in [0.2, 0.25) is 0 Å². The standard InChI is InChI=1S/C17H18N2O3/c1-3-22-16-9-7-13(8-10-16)17(20)18-15-6-4-5-14(11-15)12(2)19-21/h4-11,21H,3H2,1-2H3,(H,18,20)/b19-12+. The van der Waals surface area contributed by atoms with E-state index in [2.05, 4.69) is 10.5 Å². The van der Waals surface area contributed by atoms with Gasteiger partial charge in [0.05, 0.1) is 12.3 Å². The van der Waals surface area contributed by atoms with E-state index in [0.717, 1.165) is 11.3 Å². The summed E-state index contributed by atoms with van der Waals surface area (Å²) in [6.07, 6.45) is 0. The first-order valence-electron chi connectivity index (χ1n) is 6.97. The molecule has 0 aromatic heterocycles. The van der Waals surface area contributed by atoms with E-state index in [1.807, 2.05) is 13.0 Å². The van der Waals surface area contributed by atoms with Gasteiger partial charge in [-0.2, -0.15) is 0 Å². The number of anilines is 1. The van der Waals surface area contributed by atoms with Crippen LogP contribution in [-0.2, 0) is 0 Å². The maximum absolute atomic E-state index is 12.2. The molecule has 0 saturated heterocycles. The van der Waals surface area contributed by atoms with Gasteiger partial charge in [0.1, 0.15) is 5.75 Å². The van der Waals surface area contributed by atoms with Gasteiger partial charge < -0.3 is 15.3 Å². The SMILES string of the molecule is CCOc1ccc(C(=O)Nc2cccc(/C(C)=N/O)c2)cc1. The normalized spacial score (nSPS) is 11.1. The van der Waals surface area contributed by atoms with Gasteiger partial charge in [-0.1, -0.05) is 17.3 Å². The first-order chi connectivity index (χ1) is 10.6. The third kappa shape index (κ3) is 3.85. The van der Waals surface area contributed by atoms with Crippen molar-refractivity contribution in [2.24, 2.45) is 5.16 Å². The summed E-state index contributed by atoms with van der Waals surface area (Å²) in [6.45, 7) is 4.18. The highest BCUT2D eigenvalue weighted by atomic mass is 16.5. The van der Waals surface area contributed by atoms with Crippen molar-refractivity contribution in [3.8, 4) is 5.75 Å². The van der Waals surface area contributed by atoms with E-state index >= 15 is 0 Å². The lowest BCUT2D eigenvalue weighted by atomic mass is 10.1. The van der Waals surface area contributed by atoms with Crippen LogP contribution in [0.1, 0.15) is 29.8 Å². The van der Waals surface area contributed by atoms with Crippen LogP contribution >= 0.6 is 0 Å². The van der Waals surface area contributed by atoms with Crippen molar-refractivity contribution in [3.63, 3.8) is 0 Å². The molecule has 0 saturated carbocycles. The smallest absolute Gasteiger partial charge is 0.255 e. The van der Waals surface area contributed by atoms with E-state index in [-0.39, 0.29) is 5.91 Å². The molecule has 0 aliphatic heterocycles. The molecule has 1 amide bonds. The zero-order chi connectivity index (χ0) is 15.9. The Balaban J connectivity index is 2.11. The molecule has 22 heavy (non-hydrogen) atoms. The number of hydrogen-bond donors (Lipinski definition) is 2. The monoisotopic (exact) mass is 298 g/mol. The third-order valence-electron chi connectivity index (χ3n) is 3.12. The van der Waals surface area contributed by atoms with Crippen LogP contribution in [0.15, 0.2) is 53.7 Å². The summed E-state index contributed by atoms with van der Waals surface area (Å²) >= 11 is 0. The van der Waals surface area contributed by atoms with Gasteiger partial charge in [0.2, 0.25) is 0 Å². The van der Waals surface area contributed by atoms with Gasteiger partial charge in [-0.3, -0.25) is 4.79 Å². The van der Waals surface area contributed by atoms with Crippen LogP contribution in [0.3, 0.4) is 0 Å². The highest BCUT2D eigenvalue weighted by Crippen LogP contribution is 2.15. The number of nitrogens with zero attached hydrogens (tertiary/aromatic N) is 1. The zero-order valence-corrected chi connectivity index (χ0v) is 12.5. The maximum atomic E-state index is 12.2. The molecule has 114 valence electrons. The Morgan fingerprint density at radius 2 is 1.91 bits per heavy atom. The number of nitrogens with one attached hydrogen (secondary N) is 1. The van der Waals surface area contributed by atoms with Gasteiger partial charge >= 0.3 is 0 Å². The summed E-state index contributed by atoms with van der Waals surface area (Å²) in [5.41, 5.74) is 2.41. The van der Waals surface area contributed by atoms with Crippen LogP contribution < -0.4 is 10.1 Å². The molecule has 0 fully saturated rings. The molecule has 2 rings (SSSR count). The average molecular weight is 298 g/mol. The predicted octanol–water partition coefficient (Wildman–Crippen LogP) is 3.54. The summed E-state index contributed by atoms with van der Waals surface area (Å²) in [4.78, 5) is 12.2. The van der Waals surface area contributed by atoms with Crippen LogP contribution in [0.5, 0.6) is 5.75 Å². The van der Waals surface area contributed by atoms with E-state index in [1.54, 1.807) is 49.4 Å². The summed E-state index contributed by atoms with van der Waals surface area (Å²) in [6, 6.07) is 14.1. The fourth-order valence-corrected chi connectivity index (χ4v) is 1.95. The van der Waals surface area contributed by atoms with Crippen LogP contribution in [0.4, 0.5) is 5.69 Å². The number of carbonyl (C=O) groups is 1. The number of hydrogen-bond acceptors (Lipinski definition) is 4. The van der Waals surface area contributed by atoms with Gasteiger partial charge in [0, 0.05) is 16.8 Å². The molecule has 2 N–H and O–H groups in total. The summed E-state index contributed by atoms with van der Waals surface area (Å²) in [7, 11) is 0. The molecular weight excluding hydrogens is 280 g/mol. The van der Waals surface area contributed by atoms with Crippen molar-refractivity contribution in [2.75, 3.05) is 11.9 Å². The van der Waals surface area contributed by atoms with E-state index in [0.29, 0.717) is 23.6 Å². The lowest BCUT2D eigenvalue weighted by Gasteiger charge is -2.08. The molecule has 0 bridgehead atoms. The van der Waals surface area contributed by atoms with E-state index in [4.69, 9.17) is 9.94 Å². The molecule has 0 atom stereocenters. The summed E-state index contributed by atoms with van der Waals surface area (Å²) < 4.78 is 5.34.